The van der Waals surface area contributed by atoms with Crippen LogP contribution < -0.4 is 0 Å². The topological polar surface area (TPSA) is 18.5 Å². The Morgan fingerprint density at radius 2 is 1.66 bits per heavy atom. The van der Waals surface area contributed by atoms with Gasteiger partial charge in [-0.1, -0.05) is 40.5 Å². The first-order valence-electron chi connectivity index (χ1n) is 13.2. The van der Waals surface area contributed by atoms with E-state index in [2.05, 4.69) is 27.7 Å². The van der Waals surface area contributed by atoms with E-state index in [-0.39, 0.29) is 5.79 Å². The Morgan fingerprint density at radius 1 is 0.793 bits per heavy atom. The Balaban J connectivity index is 1.27. The van der Waals surface area contributed by atoms with Gasteiger partial charge in [0.15, 0.2) is 5.79 Å². The normalized spacial score (nSPS) is 61.7. The lowest BCUT2D eigenvalue weighted by molar-refractivity contribution is -0.273. The predicted molar refractivity (Wildman–Crippen MR) is 116 cm³/mol. The zero-order valence-corrected chi connectivity index (χ0v) is 19.4. The third kappa shape index (κ3) is 2.54. The molecule has 0 bridgehead atoms. The molecule has 6 fully saturated rings. The molecule has 0 N–H and O–H groups in total. The number of fused-ring (bicyclic) bond motifs is 7. The van der Waals surface area contributed by atoms with Crippen molar-refractivity contribution >= 4 is 0 Å². The molecule has 2 aliphatic heterocycles. The minimum Gasteiger partial charge on any atom is -0.349 e. The van der Waals surface area contributed by atoms with E-state index in [0.29, 0.717) is 28.8 Å². The molecule has 0 aromatic rings. The number of hydrogen-bond acceptors (Lipinski definition) is 2. The van der Waals surface area contributed by atoms with Crippen LogP contribution in [-0.4, -0.2) is 18.5 Å². The molecule has 4 saturated carbocycles. The maximum Gasteiger partial charge on any atom is 0.171 e. The molecule has 2 heteroatoms. The van der Waals surface area contributed by atoms with Gasteiger partial charge in [0.2, 0.25) is 0 Å². The summed E-state index contributed by atoms with van der Waals surface area (Å²) in [6, 6.07) is 0. The average molecular weight is 401 g/mol. The zero-order valence-electron chi connectivity index (χ0n) is 19.4. The first kappa shape index (κ1) is 19.6. The largest absolute Gasteiger partial charge is 0.349 e. The van der Waals surface area contributed by atoms with Crippen LogP contribution in [0.5, 0.6) is 0 Å². The van der Waals surface area contributed by atoms with Crippen LogP contribution in [0, 0.1) is 52.3 Å². The summed E-state index contributed by atoms with van der Waals surface area (Å²) in [5, 5.41) is 0. The van der Waals surface area contributed by atoms with Crippen LogP contribution in [0.3, 0.4) is 0 Å². The van der Waals surface area contributed by atoms with Gasteiger partial charge in [-0.25, -0.2) is 0 Å². The third-order valence-electron chi connectivity index (χ3n) is 11.9. The highest BCUT2D eigenvalue weighted by atomic mass is 16.7. The molecule has 0 amide bonds. The standard InChI is InChI=1S/C27H44O2/c1-17-10-14-27(28-16-17)18(2)24-23(29-27)15-22-20-9-8-19-7-5-6-12-25(19,3)21(20)11-13-26(22,24)4/h17-24H,5-16H2,1-4H3/t17-,18-,19-,20+,21?,22?,23-,24-,25-,26-,27+/m0/s1. The van der Waals surface area contributed by atoms with Gasteiger partial charge in [0, 0.05) is 12.3 Å². The molecular weight excluding hydrogens is 356 g/mol. The fourth-order valence-corrected chi connectivity index (χ4v) is 10.3. The molecule has 11 atom stereocenters. The van der Waals surface area contributed by atoms with Gasteiger partial charge in [-0.15, -0.1) is 0 Å². The highest BCUT2D eigenvalue weighted by Gasteiger charge is 2.68. The molecule has 6 aliphatic rings. The average Bonchev–Trinajstić information content (AvgIpc) is 3.15. The van der Waals surface area contributed by atoms with Crippen molar-refractivity contribution < 1.29 is 9.47 Å². The second kappa shape index (κ2) is 6.47. The quantitative estimate of drug-likeness (QED) is 0.444. The summed E-state index contributed by atoms with van der Waals surface area (Å²) < 4.78 is 13.4. The fourth-order valence-electron chi connectivity index (χ4n) is 10.3. The smallest absolute Gasteiger partial charge is 0.171 e. The Hall–Kier alpha value is -0.0800. The molecule has 4 aliphatic carbocycles. The summed E-state index contributed by atoms with van der Waals surface area (Å²) in [6.45, 7) is 11.1. The van der Waals surface area contributed by atoms with Crippen molar-refractivity contribution in [2.24, 2.45) is 52.3 Å². The van der Waals surface area contributed by atoms with Gasteiger partial charge in [0.25, 0.3) is 0 Å². The van der Waals surface area contributed by atoms with Crippen LogP contribution in [0.15, 0.2) is 0 Å². The van der Waals surface area contributed by atoms with Crippen LogP contribution in [0.4, 0.5) is 0 Å². The Kier molecular flexibility index (Phi) is 4.37. The summed E-state index contributed by atoms with van der Waals surface area (Å²) >= 11 is 0. The van der Waals surface area contributed by atoms with Crippen molar-refractivity contribution in [3.63, 3.8) is 0 Å². The van der Waals surface area contributed by atoms with Crippen LogP contribution in [-0.2, 0) is 9.47 Å². The number of rotatable bonds is 0. The SMILES string of the molecule is C[C@H]1CC[C@@]2(OC1)O[C@H]1CC3[C@@H]4CC[C@@H]5CCCC[C@]5(C)C4CC[C@]3(C)[C@H]1[C@@H]2C. The highest BCUT2D eigenvalue weighted by Crippen LogP contribution is 2.71. The van der Waals surface area contributed by atoms with E-state index in [1.54, 1.807) is 0 Å². The van der Waals surface area contributed by atoms with Crippen molar-refractivity contribution in [1.82, 2.24) is 0 Å². The van der Waals surface area contributed by atoms with Gasteiger partial charge in [0.1, 0.15) is 0 Å². The molecule has 1 spiro atoms. The minimum atomic E-state index is -0.250. The lowest BCUT2D eigenvalue weighted by atomic mass is 9.44. The summed E-state index contributed by atoms with van der Waals surface area (Å²) in [4.78, 5) is 0. The fraction of sp³-hybridized carbons (Fsp3) is 1.00. The monoisotopic (exact) mass is 400 g/mol. The molecule has 2 unspecified atom stereocenters. The van der Waals surface area contributed by atoms with Crippen molar-refractivity contribution in [2.45, 2.75) is 110 Å². The molecule has 6 rings (SSSR count). The summed E-state index contributed by atoms with van der Waals surface area (Å²) in [7, 11) is 0. The van der Waals surface area contributed by atoms with E-state index in [4.69, 9.17) is 9.47 Å². The lowest BCUT2D eigenvalue weighted by Crippen LogP contribution is -2.54. The van der Waals surface area contributed by atoms with Gasteiger partial charge in [-0.3, -0.25) is 0 Å². The number of ether oxygens (including phenoxy) is 2. The minimum absolute atomic E-state index is 0.250. The Morgan fingerprint density at radius 3 is 2.45 bits per heavy atom. The summed E-state index contributed by atoms with van der Waals surface area (Å²) in [6.07, 6.45) is 16.2. The third-order valence-corrected chi connectivity index (χ3v) is 11.9. The van der Waals surface area contributed by atoms with Gasteiger partial charge in [-0.2, -0.15) is 0 Å². The summed E-state index contributed by atoms with van der Waals surface area (Å²) in [5.74, 6) is 5.62. The molecule has 0 radical (unpaired) electrons. The first-order valence-corrected chi connectivity index (χ1v) is 13.2. The van der Waals surface area contributed by atoms with E-state index >= 15 is 0 Å². The Labute approximate surface area is 178 Å². The molecule has 29 heavy (non-hydrogen) atoms. The van der Waals surface area contributed by atoms with Crippen LogP contribution in [0.2, 0.25) is 0 Å². The summed E-state index contributed by atoms with van der Waals surface area (Å²) in [5.41, 5.74) is 1.13. The van der Waals surface area contributed by atoms with E-state index < -0.39 is 0 Å². The van der Waals surface area contributed by atoms with Gasteiger partial charge < -0.3 is 9.47 Å². The van der Waals surface area contributed by atoms with Crippen LogP contribution >= 0.6 is 0 Å². The molecule has 2 saturated heterocycles. The molecule has 0 aromatic heterocycles. The van der Waals surface area contributed by atoms with E-state index in [1.807, 2.05) is 0 Å². The molecular formula is C27H44O2. The molecule has 2 nitrogen and oxygen atoms in total. The van der Waals surface area contributed by atoms with Gasteiger partial charge >= 0.3 is 0 Å². The number of hydrogen-bond donors (Lipinski definition) is 0. The van der Waals surface area contributed by atoms with Crippen molar-refractivity contribution in [3.05, 3.63) is 0 Å². The second-order valence-corrected chi connectivity index (χ2v) is 12.9. The van der Waals surface area contributed by atoms with Crippen LogP contribution in [0.25, 0.3) is 0 Å². The first-order chi connectivity index (χ1) is 13.9. The molecule has 0 aromatic carbocycles. The van der Waals surface area contributed by atoms with Crippen molar-refractivity contribution in [1.29, 1.82) is 0 Å². The van der Waals surface area contributed by atoms with Gasteiger partial charge in [0.05, 0.1) is 12.7 Å². The highest BCUT2D eigenvalue weighted by molar-refractivity contribution is 5.15. The second-order valence-electron chi connectivity index (χ2n) is 12.9. The van der Waals surface area contributed by atoms with E-state index in [9.17, 15) is 0 Å². The predicted octanol–water partition coefficient (Wildman–Crippen LogP) is 6.82. The van der Waals surface area contributed by atoms with Gasteiger partial charge in [-0.05, 0) is 97.7 Å². The van der Waals surface area contributed by atoms with Crippen molar-refractivity contribution in [3.8, 4) is 0 Å². The zero-order chi connectivity index (χ0) is 20.0. The molecule has 164 valence electrons. The van der Waals surface area contributed by atoms with E-state index in [0.717, 1.165) is 42.6 Å². The van der Waals surface area contributed by atoms with E-state index in [1.165, 1.54) is 64.2 Å². The van der Waals surface area contributed by atoms with Crippen molar-refractivity contribution in [2.75, 3.05) is 6.61 Å². The maximum absolute atomic E-state index is 6.92. The molecule has 2 heterocycles. The van der Waals surface area contributed by atoms with Crippen LogP contribution in [0.1, 0.15) is 98.3 Å². The Bertz CT molecular complexity index is 651. The maximum atomic E-state index is 6.92. The lowest BCUT2D eigenvalue weighted by Gasteiger charge is -2.61.